The first kappa shape index (κ1) is 8.33. The van der Waals surface area contributed by atoms with Crippen LogP contribution in [0.5, 0.6) is 0 Å². The summed E-state index contributed by atoms with van der Waals surface area (Å²) < 4.78 is 1.84. The Morgan fingerprint density at radius 1 is 1.70 bits per heavy atom. The molecule has 5 heteroatoms. The molecule has 1 aliphatic rings. The quantitative estimate of drug-likeness (QED) is 0.434. The molecule has 0 bridgehead atoms. The van der Waals surface area contributed by atoms with Gasteiger partial charge in [-0.25, -0.2) is 0 Å². The van der Waals surface area contributed by atoms with Crippen LogP contribution in [0.1, 0.15) is 13.3 Å². The molecule has 0 fully saturated rings. The largest absolute Gasteiger partial charge is 0.264 e. The van der Waals surface area contributed by atoms with E-state index in [1.807, 2.05) is 8.93 Å². The second-order valence-electron chi connectivity index (χ2n) is 2.05. The Balaban J connectivity index is 2.41. The van der Waals surface area contributed by atoms with Gasteiger partial charge in [0.2, 0.25) is 0 Å². The lowest BCUT2D eigenvalue weighted by atomic mass is 10.5. The third kappa shape index (κ3) is 1.63. The molecule has 1 atom stereocenters. The molecule has 0 aliphatic carbocycles. The van der Waals surface area contributed by atoms with Crippen molar-refractivity contribution >= 4 is 38.4 Å². The first-order chi connectivity index (χ1) is 4.75. The van der Waals surface area contributed by atoms with Gasteiger partial charge in [-0.15, -0.1) is 0 Å². The highest BCUT2D eigenvalue weighted by Gasteiger charge is 2.21. The summed E-state index contributed by atoms with van der Waals surface area (Å²) in [4.78, 5) is 0. The summed E-state index contributed by atoms with van der Waals surface area (Å²) in [7, 11) is 0. The monoisotopic (exact) mass is 269 g/mol. The molecule has 3 nitrogen and oxygen atoms in total. The van der Waals surface area contributed by atoms with E-state index in [-0.39, 0.29) is 5.08 Å². The van der Waals surface area contributed by atoms with Gasteiger partial charge in [-0.05, 0) is 22.4 Å². The van der Waals surface area contributed by atoms with Crippen molar-refractivity contribution in [1.29, 1.82) is 0 Å². The minimum atomic E-state index is 0.174. The second-order valence-corrected chi connectivity index (χ2v) is 3.69. The van der Waals surface area contributed by atoms with Crippen molar-refractivity contribution in [3.8, 4) is 0 Å². The predicted molar refractivity (Wildman–Crippen MR) is 49.0 cm³/mol. The number of halogens is 2. The molecule has 1 rings (SSSR count). The highest BCUT2D eigenvalue weighted by molar-refractivity contribution is 9.11. The van der Waals surface area contributed by atoms with Crippen LogP contribution in [-0.2, 0) is 0 Å². The highest BCUT2D eigenvalue weighted by atomic mass is 79.9. The van der Waals surface area contributed by atoms with Crippen molar-refractivity contribution in [3.63, 3.8) is 0 Å². The number of rotatable bonds is 2. The minimum Gasteiger partial charge on any atom is -0.264 e. The highest BCUT2D eigenvalue weighted by Crippen LogP contribution is 2.20. The normalized spacial score (nSPS) is 24.5. The van der Waals surface area contributed by atoms with Crippen LogP contribution >= 0.6 is 32.1 Å². The topological polar surface area (TPSA) is 18.8 Å². The fraction of sp³-hybridized carbons (Fsp3) is 0.800. The minimum absolute atomic E-state index is 0.174. The van der Waals surface area contributed by atoms with Gasteiger partial charge in [-0.3, -0.25) is 8.93 Å². The van der Waals surface area contributed by atoms with Crippen LogP contribution in [0, 0.1) is 0 Å². The predicted octanol–water partition coefficient (Wildman–Crippen LogP) is 1.95. The van der Waals surface area contributed by atoms with Gasteiger partial charge < -0.3 is 0 Å². The zero-order chi connectivity index (χ0) is 7.56. The molecule has 0 radical (unpaired) electrons. The van der Waals surface area contributed by atoms with Gasteiger partial charge in [-0.1, -0.05) is 6.92 Å². The van der Waals surface area contributed by atoms with Gasteiger partial charge >= 0.3 is 0 Å². The zero-order valence-electron chi connectivity index (χ0n) is 5.67. The van der Waals surface area contributed by atoms with Crippen molar-refractivity contribution in [2.75, 3.05) is 6.54 Å². The maximum absolute atomic E-state index is 4.13. The average Bonchev–Trinajstić information content (AvgIpc) is 2.20. The molecule has 1 heterocycles. The molecule has 0 N–H and O–H groups in total. The molecule has 1 aliphatic heterocycles. The lowest BCUT2D eigenvalue weighted by molar-refractivity contribution is 0.262. The molecule has 0 aromatic rings. The van der Waals surface area contributed by atoms with E-state index in [1.165, 1.54) is 0 Å². The number of alkyl halides is 1. The fourth-order valence-corrected chi connectivity index (χ4v) is 1.46. The van der Waals surface area contributed by atoms with Crippen LogP contribution < -0.4 is 0 Å². The molecule has 0 saturated carbocycles. The molecule has 0 spiro atoms. The molecule has 0 saturated heterocycles. The number of nitrogens with zero attached hydrogens (tertiary/aromatic N) is 3. The van der Waals surface area contributed by atoms with Crippen LogP contribution in [0.15, 0.2) is 5.10 Å². The summed E-state index contributed by atoms with van der Waals surface area (Å²) in [5.74, 6) is 0. The molecule has 0 aromatic heterocycles. The fourth-order valence-electron chi connectivity index (χ4n) is 0.746. The Hall–Kier alpha value is 0.230. The van der Waals surface area contributed by atoms with E-state index >= 15 is 0 Å². The molecule has 1 unspecified atom stereocenters. The van der Waals surface area contributed by atoms with E-state index in [9.17, 15) is 0 Å². The van der Waals surface area contributed by atoms with Crippen molar-refractivity contribution in [2.45, 2.75) is 18.4 Å². The number of hydrogen-bond donors (Lipinski definition) is 0. The van der Waals surface area contributed by atoms with Crippen LogP contribution in [0.4, 0.5) is 0 Å². The lowest BCUT2D eigenvalue weighted by Crippen LogP contribution is -2.28. The molecule has 0 aromatic carbocycles. The summed E-state index contributed by atoms with van der Waals surface area (Å²) in [5, 5.41) is 6.27. The average molecular weight is 271 g/mol. The first-order valence-corrected chi connectivity index (χ1v) is 4.77. The van der Waals surface area contributed by atoms with E-state index in [2.05, 4.69) is 44.1 Å². The summed E-state index contributed by atoms with van der Waals surface area (Å²) >= 11 is 6.76. The van der Waals surface area contributed by atoms with Gasteiger partial charge in [0, 0.05) is 6.54 Å². The van der Waals surface area contributed by atoms with Gasteiger partial charge in [0.1, 0.15) is 6.34 Å². The summed E-state index contributed by atoms with van der Waals surface area (Å²) in [6.07, 6.45) is 2.86. The van der Waals surface area contributed by atoms with E-state index in [0.29, 0.717) is 0 Å². The number of hydrogen-bond acceptors (Lipinski definition) is 3. The standard InChI is InChI=1S/C5H9Br2N3/c1-2-3-10-5(6)9(7)4-8-10/h4-5H,2-3H2,1H3. The van der Waals surface area contributed by atoms with E-state index < -0.39 is 0 Å². The van der Waals surface area contributed by atoms with E-state index in [4.69, 9.17) is 0 Å². The Kier molecular flexibility index (Phi) is 2.97. The van der Waals surface area contributed by atoms with Crippen LogP contribution in [-0.4, -0.2) is 26.9 Å². The third-order valence-corrected chi connectivity index (χ3v) is 3.25. The Labute approximate surface area is 77.5 Å². The number of hydrazone groups is 1. The van der Waals surface area contributed by atoms with Crippen LogP contribution in [0.25, 0.3) is 0 Å². The first-order valence-electron chi connectivity index (χ1n) is 3.14. The molecule has 0 amide bonds. The Morgan fingerprint density at radius 3 is 2.80 bits per heavy atom. The van der Waals surface area contributed by atoms with Gasteiger partial charge in [0.05, 0.1) is 16.1 Å². The van der Waals surface area contributed by atoms with E-state index in [0.717, 1.165) is 13.0 Å². The molecular formula is C5H9Br2N3. The van der Waals surface area contributed by atoms with Crippen LogP contribution in [0.3, 0.4) is 0 Å². The van der Waals surface area contributed by atoms with Gasteiger partial charge in [0.15, 0.2) is 5.08 Å². The SMILES string of the molecule is CCCN1N=CN(Br)C1Br. The maximum Gasteiger partial charge on any atom is 0.185 e. The Morgan fingerprint density at radius 2 is 2.40 bits per heavy atom. The summed E-state index contributed by atoms with van der Waals surface area (Å²) in [6.45, 7) is 3.11. The maximum atomic E-state index is 4.13. The van der Waals surface area contributed by atoms with Crippen molar-refractivity contribution in [2.24, 2.45) is 5.10 Å². The summed E-state index contributed by atoms with van der Waals surface area (Å²) in [5.41, 5.74) is 0. The molecule has 58 valence electrons. The van der Waals surface area contributed by atoms with Crippen molar-refractivity contribution in [1.82, 2.24) is 8.93 Å². The van der Waals surface area contributed by atoms with E-state index in [1.54, 1.807) is 6.34 Å². The smallest absolute Gasteiger partial charge is 0.185 e. The van der Waals surface area contributed by atoms with Gasteiger partial charge in [-0.2, -0.15) is 5.10 Å². The lowest BCUT2D eigenvalue weighted by Gasteiger charge is -2.20. The third-order valence-electron chi connectivity index (χ3n) is 1.21. The second kappa shape index (κ2) is 3.57. The van der Waals surface area contributed by atoms with Crippen molar-refractivity contribution < 1.29 is 0 Å². The van der Waals surface area contributed by atoms with Crippen LogP contribution in [0.2, 0.25) is 0 Å². The molecule has 10 heavy (non-hydrogen) atoms. The van der Waals surface area contributed by atoms with Crippen molar-refractivity contribution in [3.05, 3.63) is 0 Å². The van der Waals surface area contributed by atoms with Gasteiger partial charge in [0.25, 0.3) is 0 Å². The molecular weight excluding hydrogens is 262 g/mol. The summed E-state index contributed by atoms with van der Waals surface area (Å²) in [6, 6.07) is 0. The Bertz CT molecular complexity index is 139. The zero-order valence-corrected chi connectivity index (χ0v) is 8.84.